The van der Waals surface area contributed by atoms with E-state index in [9.17, 15) is 8.42 Å². The van der Waals surface area contributed by atoms with Crippen LogP contribution in [0.1, 0.15) is 0 Å². The van der Waals surface area contributed by atoms with E-state index in [4.69, 9.17) is 16.4 Å². The van der Waals surface area contributed by atoms with Crippen molar-refractivity contribution in [1.82, 2.24) is 9.97 Å². The van der Waals surface area contributed by atoms with Crippen molar-refractivity contribution >= 4 is 33.2 Å². The number of anilines is 1. The Kier molecular flexibility index (Phi) is 5.03. The predicted molar refractivity (Wildman–Crippen MR) is 87.3 cm³/mol. The molecular formula is C13H11N8O2S-. The van der Waals surface area contributed by atoms with Gasteiger partial charge in [-0.3, -0.25) is 15.6 Å². The maximum Gasteiger partial charge on any atom is 0.229 e. The van der Waals surface area contributed by atoms with Crippen molar-refractivity contribution in [3.63, 3.8) is 0 Å². The third-order valence-electron chi connectivity index (χ3n) is 2.56. The highest BCUT2D eigenvalue weighted by atomic mass is 32.2. The molecule has 0 aliphatic heterocycles. The Hall–Kier alpha value is -3.52. The summed E-state index contributed by atoms with van der Waals surface area (Å²) in [6.45, 7) is 0. The fourth-order valence-electron chi connectivity index (χ4n) is 1.47. The van der Waals surface area contributed by atoms with Crippen LogP contribution in [0.2, 0.25) is 0 Å². The van der Waals surface area contributed by atoms with Crippen LogP contribution >= 0.6 is 0 Å². The van der Waals surface area contributed by atoms with E-state index in [1.165, 1.54) is 36.7 Å². The maximum atomic E-state index is 12.1. The third-order valence-corrected chi connectivity index (χ3v) is 3.84. The number of hydrogen-bond acceptors (Lipinski definition) is 8. The second-order valence-electron chi connectivity index (χ2n) is 4.24. The van der Waals surface area contributed by atoms with E-state index >= 15 is 0 Å². The molecule has 0 radical (unpaired) electrons. The van der Waals surface area contributed by atoms with E-state index in [0.717, 1.165) is 0 Å². The highest BCUT2D eigenvalue weighted by Crippen LogP contribution is 2.24. The average molecular weight is 343 g/mol. The van der Waals surface area contributed by atoms with E-state index in [1.54, 1.807) is 12.1 Å². The van der Waals surface area contributed by atoms with Crippen LogP contribution < -0.4 is 11.2 Å². The Morgan fingerprint density at radius 1 is 1.29 bits per heavy atom. The molecule has 2 aromatic rings. The molecule has 11 heteroatoms. The molecule has 122 valence electrons. The minimum absolute atomic E-state index is 0.0587. The lowest BCUT2D eigenvalue weighted by Gasteiger charge is -2.12. The van der Waals surface area contributed by atoms with Gasteiger partial charge in [0.1, 0.15) is 6.07 Å². The number of hydrazone groups is 1. The van der Waals surface area contributed by atoms with Crippen LogP contribution in [-0.4, -0.2) is 29.9 Å². The fourth-order valence-corrected chi connectivity index (χ4v) is 2.36. The summed E-state index contributed by atoms with van der Waals surface area (Å²) in [5.74, 6) is -0.643. The fraction of sp³-hybridized carbons (Fsp3) is 0. The van der Waals surface area contributed by atoms with Crippen molar-refractivity contribution < 1.29 is 8.42 Å². The molecule has 0 bridgehead atoms. The number of amidine groups is 1. The number of sulfonamides is 1. The molecule has 0 aliphatic rings. The van der Waals surface area contributed by atoms with Gasteiger partial charge in [-0.2, -0.15) is 10.4 Å². The van der Waals surface area contributed by atoms with Crippen molar-refractivity contribution in [2.75, 3.05) is 5.43 Å². The van der Waals surface area contributed by atoms with Gasteiger partial charge in [0.2, 0.25) is 15.7 Å². The quantitative estimate of drug-likeness (QED) is 0.400. The van der Waals surface area contributed by atoms with Gasteiger partial charge in [0.15, 0.2) is 5.84 Å². The number of rotatable bonds is 6. The Labute approximate surface area is 137 Å². The first-order valence-corrected chi connectivity index (χ1v) is 7.79. The minimum atomic E-state index is -3.95. The number of nitriles is 1. The molecule has 1 aromatic heterocycles. The molecule has 0 spiro atoms. The Bertz CT molecular complexity index is 901. The summed E-state index contributed by atoms with van der Waals surface area (Å²) in [4.78, 5) is 7.41. The van der Waals surface area contributed by atoms with E-state index in [2.05, 4.69) is 25.2 Å². The molecule has 0 amide bonds. The maximum absolute atomic E-state index is 12.1. The highest BCUT2D eigenvalue weighted by molar-refractivity contribution is 7.94. The molecule has 0 fully saturated rings. The Morgan fingerprint density at radius 2 is 1.92 bits per heavy atom. The SMILES string of the molecule is N#C/C(=N\Nc1ccc(S(=O)(=O)[N-]c2ncccn2)cc1)C(=N)N. The first-order chi connectivity index (χ1) is 11.4. The summed E-state index contributed by atoms with van der Waals surface area (Å²) in [5, 5.41) is 19.5. The van der Waals surface area contributed by atoms with Crippen LogP contribution in [0.3, 0.4) is 0 Å². The van der Waals surface area contributed by atoms with Crippen molar-refractivity contribution in [3.05, 3.63) is 47.4 Å². The van der Waals surface area contributed by atoms with Crippen LogP contribution in [0.5, 0.6) is 0 Å². The zero-order valence-corrected chi connectivity index (χ0v) is 12.9. The molecule has 2 rings (SSSR count). The van der Waals surface area contributed by atoms with Gasteiger partial charge in [0.05, 0.1) is 10.6 Å². The summed E-state index contributed by atoms with van der Waals surface area (Å²) in [5.41, 5.74) is 7.77. The van der Waals surface area contributed by atoms with Crippen LogP contribution in [0.15, 0.2) is 52.7 Å². The molecule has 24 heavy (non-hydrogen) atoms. The van der Waals surface area contributed by atoms with Gasteiger partial charge in [0.25, 0.3) is 0 Å². The van der Waals surface area contributed by atoms with E-state index in [1.807, 2.05) is 0 Å². The largest absolute Gasteiger partial charge is 0.382 e. The smallest absolute Gasteiger partial charge is 0.229 e. The summed E-state index contributed by atoms with van der Waals surface area (Å²) in [6, 6.07) is 8.65. The summed E-state index contributed by atoms with van der Waals surface area (Å²) < 4.78 is 27.8. The van der Waals surface area contributed by atoms with Gasteiger partial charge < -0.3 is 15.7 Å². The number of nitrogens with one attached hydrogen (secondary N) is 2. The minimum Gasteiger partial charge on any atom is -0.382 e. The summed E-state index contributed by atoms with van der Waals surface area (Å²) in [7, 11) is -3.95. The molecule has 0 aliphatic carbocycles. The van der Waals surface area contributed by atoms with E-state index in [-0.39, 0.29) is 16.6 Å². The zero-order valence-electron chi connectivity index (χ0n) is 12.1. The first kappa shape index (κ1) is 16.8. The lowest BCUT2D eigenvalue weighted by Crippen LogP contribution is -2.21. The summed E-state index contributed by atoms with van der Waals surface area (Å²) in [6.07, 6.45) is 2.77. The molecule has 0 saturated heterocycles. The van der Waals surface area contributed by atoms with Gasteiger partial charge in [-0.05, 0) is 36.7 Å². The zero-order chi connectivity index (χ0) is 17.6. The Balaban J connectivity index is 2.14. The van der Waals surface area contributed by atoms with Crippen LogP contribution in [0.25, 0.3) is 4.72 Å². The number of hydrogen-bond donors (Lipinski definition) is 3. The van der Waals surface area contributed by atoms with Gasteiger partial charge in [-0.15, -0.1) is 0 Å². The lowest BCUT2D eigenvalue weighted by molar-refractivity contribution is 0.603. The Morgan fingerprint density at radius 3 is 2.46 bits per heavy atom. The van der Waals surface area contributed by atoms with Crippen LogP contribution in [0, 0.1) is 16.7 Å². The van der Waals surface area contributed by atoms with Crippen molar-refractivity contribution in [2.24, 2.45) is 10.8 Å². The molecule has 0 atom stereocenters. The lowest BCUT2D eigenvalue weighted by atomic mass is 10.3. The second-order valence-corrected chi connectivity index (χ2v) is 5.84. The van der Waals surface area contributed by atoms with Gasteiger partial charge >= 0.3 is 0 Å². The standard InChI is InChI=1S/C13H11N8O2S/c14-8-11(12(15)16)20-19-9-2-4-10(5-3-9)24(22,23)21-13-17-6-1-7-18-13/h1-7,19H,(H3-,15,16,17,18,21)/q-1/b20-11+. The number of nitrogens with two attached hydrogens (primary N) is 1. The second kappa shape index (κ2) is 7.16. The van der Waals surface area contributed by atoms with E-state index in [0.29, 0.717) is 5.69 Å². The van der Waals surface area contributed by atoms with Gasteiger partial charge in [-0.1, -0.05) is 6.07 Å². The molecule has 0 unspecified atom stereocenters. The summed E-state index contributed by atoms with van der Waals surface area (Å²) >= 11 is 0. The molecular weight excluding hydrogens is 332 g/mol. The average Bonchev–Trinajstić information content (AvgIpc) is 2.56. The number of benzene rings is 1. The monoisotopic (exact) mass is 343 g/mol. The predicted octanol–water partition coefficient (Wildman–Crippen LogP) is 1.10. The van der Waals surface area contributed by atoms with Crippen LogP contribution in [-0.2, 0) is 10.0 Å². The first-order valence-electron chi connectivity index (χ1n) is 6.35. The van der Waals surface area contributed by atoms with Crippen LogP contribution in [0.4, 0.5) is 11.6 Å². The normalized spacial score (nSPS) is 11.4. The topological polar surface area (TPSA) is 172 Å². The number of nitrogens with zero attached hydrogens (tertiary/aromatic N) is 5. The van der Waals surface area contributed by atoms with Crippen molar-refractivity contribution in [2.45, 2.75) is 4.90 Å². The third kappa shape index (κ3) is 4.24. The molecule has 4 N–H and O–H groups in total. The molecule has 10 nitrogen and oxygen atoms in total. The molecule has 0 saturated carbocycles. The molecule has 1 heterocycles. The highest BCUT2D eigenvalue weighted by Gasteiger charge is 2.11. The number of aromatic nitrogens is 2. The van der Waals surface area contributed by atoms with Gasteiger partial charge in [0, 0.05) is 5.95 Å². The van der Waals surface area contributed by atoms with Crippen molar-refractivity contribution in [3.8, 4) is 6.07 Å². The van der Waals surface area contributed by atoms with Gasteiger partial charge in [-0.25, -0.2) is 8.42 Å². The van der Waals surface area contributed by atoms with Crippen molar-refractivity contribution in [1.29, 1.82) is 10.7 Å². The van der Waals surface area contributed by atoms with E-state index < -0.39 is 15.9 Å². The molecule has 1 aromatic carbocycles.